The van der Waals surface area contributed by atoms with E-state index < -0.39 is 67.9 Å². The Bertz CT molecular complexity index is 1140. The third-order valence-electron chi connectivity index (χ3n) is 4.94. The lowest BCUT2D eigenvalue weighted by molar-refractivity contribution is -0.183. The summed E-state index contributed by atoms with van der Waals surface area (Å²) in [5.74, 6) is -4.16. The third-order valence-corrected chi connectivity index (χ3v) is 4.94. The molecular weight excluding hydrogens is 508 g/mol. The van der Waals surface area contributed by atoms with E-state index in [2.05, 4.69) is 10.6 Å². The van der Waals surface area contributed by atoms with E-state index in [1.165, 1.54) is 42.5 Å². The maximum Gasteiger partial charge on any atom is 0.326 e. The van der Waals surface area contributed by atoms with Crippen molar-refractivity contribution in [2.75, 3.05) is 19.7 Å². The summed E-state index contributed by atoms with van der Waals surface area (Å²) < 4.78 is 9.85. The first-order valence-corrected chi connectivity index (χ1v) is 11.0. The number of carbonyl (C=O) groups is 5. The van der Waals surface area contributed by atoms with Gasteiger partial charge < -0.3 is 45.6 Å². The van der Waals surface area contributed by atoms with Crippen molar-refractivity contribution in [3.8, 4) is 11.5 Å². The molecule has 0 fully saturated rings. The third kappa shape index (κ3) is 8.85. The second kappa shape index (κ2) is 14.3. The number of nitrogens with one attached hydrogen (secondary N) is 2. The Balaban J connectivity index is 2.01. The van der Waals surface area contributed by atoms with Gasteiger partial charge in [-0.25, -0.2) is 0 Å². The van der Waals surface area contributed by atoms with Gasteiger partial charge in [-0.1, -0.05) is 6.07 Å². The van der Waals surface area contributed by atoms with Gasteiger partial charge in [-0.15, -0.1) is 0 Å². The quantitative estimate of drug-likeness (QED) is 0.109. The van der Waals surface area contributed by atoms with Crippen molar-refractivity contribution >= 4 is 30.0 Å². The fourth-order valence-corrected chi connectivity index (χ4v) is 2.99. The molecule has 0 radical (unpaired) electrons. The largest absolute Gasteiger partial charge is 0.508 e. The summed E-state index contributed by atoms with van der Waals surface area (Å²) in [6, 6.07) is 10.3. The van der Waals surface area contributed by atoms with E-state index >= 15 is 0 Å². The normalized spacial score (nSPS) is 13.8. The van der Waals surface area contributed by atoms with Gasteiger partial charge in [0.2, 0.25) is 0 Å². The molecule has 0 saturated heterocycles. The Hall–Kier alpha value is -4.53. The van der Waals surface area contributed by atoms with Gasteiger partial charge in [-0.2, -0.15) is 0 Å². The van der Waals surface area contributed by atoms with Gasteiger partial charge in [0.05, 0.1) is 6.61 Å². The predicted octanol–water partition coefficient (Wildman–Crippen LogP) is -2.01. The molecule has 4 atom stereocenters. The minimum Gasteiger partial charge on any atom is -0.508 e. The summed E-state index contributed by atoms with van der Waals surface area (Å²) in [6.07, 6.45) is -7.99. The molecule has 2 aromatic carbocycles. The van der Waals surface area contributed by atoms with Gasteiger partial charge in [-0.05, 0) is 42.5 Å². The number of phenolic OH excluding ortho intramolecular Hbond substituents is 2. The zero-order valence-corrected chi connectivity index (χ0v) is 19.7. The van der Waals surface area contributed by atoms with Gasteiger partial charge in [0.1, 0.15) is 36.8 Å². The molecule has 0 aromatic heterocycles. The second-order valence-electron chi connectivity index (χ2n) is 7.75. The average Bonchev–Trinajstić information content (AvgIpc) is 2.91. The molecule has 7 N–H and O–H groups in total. The van der Waals surface area contributed by atoms with Crippen LogP contribution in [0.15, 0.2) is 48.5 Å². The number of aldehydes is 1. The average molecular weight is 534 g/mol. The maximum atomic E-state index is 12.3. The molecule has 2 aromatic rings. The number of carbonyl (C=O) groups excluding carboxylic acids is 5. The number of aromatic hydroxyl groups is 2. The van der Waals surface area contributed by atoms with Crippen LogP contribution in [-0.4, -0.2) is 99.7 Å². The molecule has 0 unspecified atom stereocenters. The Kier molecular flexibility index (Phi) is 11.2. The van der Waals surface area contributed by atoms with Gasteiger partial charge >= 0.3 is 11.9 Å². The first-order chi connectivity index (χ1) is 18.0. The molecular formula is C24H26N2O12. The highest BCUT2D eigenvalue weighted by Crippen LogP contribution is 2.14. The van der Waals surface area contributed by atoms with Crippen molar-refractivity contribution in [2.45, 2.75) is 24.4 Å². The van der Waals surface area contributed by atoms with Crippen LogP contribution in [0.5, 0.6) is 11.5 Å². The maximum absolute atomic E-state index is 12.3. The number of aliphatic hydroxyl groups excluding tert-OH is 3. The summed E-state index contributed by atoms with van der Waals surface area (Å²) in [7, 11) is 0. The smallest absolute Gasteiger partial charge is 0.326 e. The first-order valence-electron chi connectivity index (χ1n) is 11.0. The van der Waals surface area contributed by atoms with E-state index in [1.54, 1.807) is 0 Å². The summed E-state index contributed by atoms with van der Waals surface area (Å²) in [4.78, 5) is 60.4. The zero-order chi connectivity index (χ0) is 28.2. The molecule has 0 bridgehead atoms. The Morgan fingerprint density at radius 2 is 1.39 bits per heavy atom. The van der Waals surface area contributed by atoms with Gasteiger partial charge in [0, 0.05) is 11.1 Å². The molecule has 204 valence electrons. The van der Waals surface area contributed by atoms with Crippen LogP contribution >= 0.6 is 0 Å². The Morgan fingerprint density at radius 1 is 0.816 bits per heavy atom. The van der Waals surface area contributed by atoms with Crippen molar-refractivity contribution in [2.24, 2.45) is 0 Å². The summed E-state index contributed by atoms with van der Waals surface area (Å²) >= 11 is 0. The van der Waals surface area contributed by atoms with Crippen molar-refractivity contribution in [1.29, 1.82) is 0 Å². The molecule has 0 heterocycles. The van der Waals surface area contributed by atoms with Crippen LogP contribution in [0.2, 0.25) is 0 Å². The SMILES string of the molecule is O=C[C@H](OC(=O)CNC(=O)c1ccc(O)cc1)[C@@H](OC(=O)CNC(=O)c1cccc(O)c1)[C@H](O)[C@H](O)CO. The van der Waals surface area contributed by atoms with E-state index in [4.69, 9.17) is 14.6 Å². The molecule has 14 nitrogen and oxygen atoms in total. The molecule has 14 heteroatoms. The number of rotatable bonds is 13. The lowest BCUT2D eigenvalue weighted by Crippen LogP contribution is -2.51. The van der Waals surface area contributed by atoms with Gasteiger partial charge in [-0.3, -0.25) is 24.0 Å². The lowest BCUT2D eigenvalue weighted by Gasteiger charge is -2.29. The van der Waals surface area contributed by atoms with Gasteiger partial charge in [0.25, 0.3) is 11.8 Å². The zero-order valence-electron chi connectivity index (χ0n) is 19.7. The highest BCUT2D eigenvalue weighted by Gasteiger charge is 2.38. The van der Waals surface area contributed by atoms with Crippen LogP contribution in [0.1, 0.15) is 20.7 Å². The number of phenols is 2. The molecule has 0 saturated carbocycles. The van der Waals surface area contributed by atoms with Gasteiger partial charge in [0.15, 0.2) is 18.5 Å². The highest BCUT2D eigenvalue weighted by molar-refractivity contribution is 5.96. The summed E-state index contributed by atoms with van der Waals surface area (Å²) in [5.41, 5.74) is 0.114. The van der Waals surface area contributed by atoms with E-state index in [-0.39, 0.29) is 28.9 Å². The molecule has 0 spiro atoms. The Labute approximate surface area is 215 Å². The van der Waals surface area contributed by atoms with Crippen LogP contribution in [0.25, 0.3) is 0 Å². The van der Waals surface area contributed by atoms with E-state index in [9.17, 15) is 44.4 Å². The molecule has 0 aliphatic heterocycles. The monoisotopic (exact) mass is 534 g/mol. The van der Waals surface area contributed by atoms with Crippen LogP contribution < -0.4 is 10.6 Å². The number of ether oxygens (including phenoxy) is 2. The number of aliphatic hydroxyl groups is 3. The Morgan fingerprint density at radius 3 is 1.95 bits per heavy atom. The topological polar surface area (TPSA) is 229 Å². The number of hydrogen-bond acceptors (Lipinski definition) is 12. The van der Waals surface area contributed by atoms with Crippen LogP contribution in [0.3, 0.4) is 0 Å². The van der Waals surface area contributed by atoms with Crippen molar-refractivity contribution in [3.63, 3.8) is 0 Å². The number of benzene rings is 2. The summed E-state index contributed by atoms with van der Waals surface area (Å²) in [5, 5.41) is 52.3. The molecule has 38 heavy (non-hydrogen) atoms. The minimum atomic E-state index is -2.10. The number of esters is 2. The van der Waals surface area contributed by atoms with Crippen LogP contribution in [-0.2, 0) is 23.9 Å². The van der Waals surface area contributed by atoms with Crippen molar-refractivity contribution in [3.05, 3.63) is 59.7 Å². The minimum absolute atomic E-state index is 0.00369. The lowest BCUT2D eigenvalue weighted by atomic mass is 10.0. The second-order valence-corrected chi connectivity index (χ2v) is 7.75. The standard InChI is InChI=1S/C24H26N2O12/c27-11-17(31)21(34)22(38-20(33)10-26-24(36)14-2-1-3-16(30)8-14)18(12-28)37-19(32)9-25-23(35)13-4-6-15(29)7-5-13/h1-8,12,17-18,21-22,27,29-31,34H,9-11H2,(H,25,35)(H,26,36)/t17-,18+,21-,22-/m1/s1. The van der Waals surface area contributed by atoms with E-state index in [0.717, 1.165) is 6.07 Å². The van der Waals surface area contributed by atoms with Crippen molar-refractivity contribution in [1.82, 2.24) is 10.6 Å². The summed E-state index contributed by atoms with van der Waals surface area (Å²) in [6.45, 7) is -2.54. The van der Waals surface area contributed by atoms with E-state index in [1.807, 2.05) is 0 Å². The van der Waals surface area contributed by atoms with E-state index in [0.29, 0.717) is 0 Å². The molecule has 0 aliphatic carbocycles. The predicted molar refractivity (Wildman–Crippen MR) is 126 cm³/mol. The first kappa shape index (κ1) is 29.7. The number of amides is 2. The molecule has 2 amide bonds. The molecule has 2 rings (SSSR count). The van der Waals surface area contributed by atoms with Crippen LogP contribution in [0.4, 0.5) is 0 Å². The fourth-order valence-electron chi connectivity index (χ4n) is 2.99. The fraction of sp³-hybridized carbons (Fsp3) is 0.292. The van der Waals surface area contributed by atoms with Crippen molar-refractivity contribution < 1.29 is 59.0 Å². The molecule has 0 aliphatic rings. The number of hydrogen-bond donors (Lipinski definition) is 7. The van der Waals surface area contributed by atoms with Crippen LogP contribution in [0, 0.1) is 0 Å². The highest BCUT2D eigenvalue weighted by atomic mass is 16.6.